The van der Waals surface area contributed by atoms with Crippen molar-refractivity contribution in [2.45, 2.75) is 25.3 Å². The highest BCUT2D eigenvalue weighted by Crippen LogP contribution is 2.27. The number of hydrogen-bond donors (Lipinski definition) is 4. The van der Waals surface area contributed by atoms with Gasteiger partial charge >= 0.3 is 0 Å². The van der Waals surface area contributed by atoms with Crippen molar-refractivity contribution in [3.63, 3.8) is 0 Å². The molecule has 7 N–H and O–H groups in total. The number of pyridine rings is 1. The Kier molecular flexibility index (Phi) is 6.86. The topological polar surface area (TPSA) is 136 Å². The van der Waals surface area contributed by atoms with Gasteiger partial charge in [0.15, 0.2) is 0 Å². The van der Waals surface area contributed by atoms with Crippen LogP contribution in [0.5, 0.6) is 0 Å². The molecule has 1 saturated heterocycles. The maximum Gasteiger partial charge on any atom is 0.253 e. The molecule has 164 valence electrons. The van der Waals surface area contributed by atoms with Crippen LogP contribution in [0.15, 0.2) is 59.4 Å². The van der Waals surface area contributed by atoms with Crippen molar-refractivity contribution in [1.82, 2.24) is 10.3 Å². The first kappa shape index (κ1) is 22.2. The fourth-order valence-electron chi connectivity index (χ4n) is 3.60. The van der Waals surface area contributed by atoms with E-state index in [4.69, 9.17) is 17.2 Å². The van der Waals surface area contributed by atoms with E-state index in [1.807, 2.05) is 13.0 Å². The number of anilines is 1. The number of nitrogens with zero attached hydrogens (tertiary/aromatic N) is 3. The summed E-state index contributed by atoms with van der Waals surface area (Å²) in [4.78, 5) is 22.8. The lowest BCUT2D eigenvalue weighted by Gasteiger charge is -2.42. The average Bonchev–Trinajstić information content (AvgIpc) is 2.76. The molecule has 0 bridgehead atoms. The lowest BCUT2D eigenvalue weighted by atomic mass is 9.87. The SMILES string of the molecule is Cc1ncccc1N1CCC(CN)(N/C=C(/C(N)=O)C(N)=Nc2ccc(F)cc2)CC1. The number of aromatic nitrogens is 1. The average molecular weight is 426 g/mol. The largest absolute Gasteiger partial charge is 0.383 e. The van der Waals surface area contributed by atoms with Crippen LogP contribution in [-0.2, 0) is 4.79 Å². The van der Waals surface area contributed by atoms with E-state index in [0.29, 0.717) is 12.2 Å². The molecule has 1 fully saturated rings. The van der Waals surface area contributed by atoms with Gasteiger partial charge < -0.3 is 27.4 Å². The smallest absolute Gasteiger partial charge is 0.253 e. The molecule has 1 amide bonds. The Morgan fingerprint density at radius 1 is 1.26 bits per heavy atom. The number of halogens is 1. The molecular weight excluding hydrogens is 397 g/mol. The van der Waals surface area contributed by atoms with Gasteiger partial charge in [0.2, 0.25) is 0 Å². The van der Waals surface area contributed by atoms with Crippen molar-refractivity contribution in [2.75, 3.05) is 24.5 Å². The van der Waals surface area contributed by atoms with Gasteiger partial charge in [-0.1, -0.05) is 0 Å². The van der Waals surface area contributed by atoms with Gasteiger partial charge in [-0.05, 0) is 56.2 Å². The summed E-state index contributed by atoms with van der Waals surface area (Å²) in [5, 5.41) is 3.28. The summed E-state index contributed by atoms with van der Waals surface area (Å²) < 4.78 is 13.1. The Labute approximate surface area is 181 Å². The van der Waals surface area contributed by atoms with Crippen LogP contribution in [0, 0.1) is 12.7 Å². The van der Waals surface area contributed by atoms with Gasteiger partial charge in [0.1, 0.15) is 11.7 Å². The van der Waals surface area contributed by atoms with E-state index in [-0.39, 0.29) is 17.2 Å². The van der Waals surface area contributed by atoms with Crippen LogP contribution in [0.25, 0.3) is 0 Å². The maximum atomic E-state index is 13.1. The van der Waals surface area contributed by atoms with Gasteiger partial charge in [-0.2, -0.15) is 0 Å². The number of primary amides is 1. The van der Waals surface area contributed by atoms with Crippen molar-refractivity contribution in [2.24, 2.45) is 22.2 Å². The third kappa shape index (κ3) is 5.37. The summed E-state index contributed by atoms with van der Waals surface area (Å²) in [7, 11) is 0. The number of nitrogens with two attached hydrogens (primary N) is 3. The van der Waals surface area contributed by atoms with Crippen LogP contribution in [0.4, 0.5) is 15.8 Å². The molecule has 3 rings (SSSR count). The number of aryl methyl sites for hydroxylation is 1. The number of amides is 1. The predicted molar refractivity (Wildman–Crippen MR) is 120 cm³/mol. The van der Waals surface area contributed by atoms with E-state index < -0.39 is 11.4 Å². The summed E-state index contributed by atoms with van der Waals surface area (Å²) in [6, 6.07) is 9.44. The van der Waals surface area contributed by atoms with Gasteiger partial charge in [0.05, 0.1) is 28.2 Å². The minimum Gasteiger partial charge on any atom is -0.383 e. The molecule has 1 aromatic heterocycles. The number of rotatable bonds is 7. The normalized spacial score (nSPS) is 16.8. The Morgan fingerprint density at radius 2 is 1.94 bits per heavy atom. The highest BCUT2D eigenvalue weighted by molar-refractivity contribution is 6.20. The highest BCUT2D eigenvalue weighted by atomic mass is 19.1. The molecule has 31 heavy (non-hydrogen) atoms. The molecule has 1 aromatic carbocycles. The molecule has 1 aliphatic heterocycles. The zero-order chi connectivity index (χ0) is 22.4. The molecular formula is C22H28FN7O. The molecule has 8 nitrogen and oxygen atoms in total. The minimum absolute atomic E-state index is 0.0442. The third-order valence-corrected chi connectivity index (χ3v) is 5.57. The van der Waals surface area contributed by atoms with Crippen molar-refractivity contribution in [3.8, 4) is 0 Å². The summed E-state index contributed by atoms with van der Waals surface area (Å²) in [6.07, 6.45) is 4.79. The molecule has 1 aliphatic rings. The van der Waals surface area contributed by atoms with Gasteiger partial charge in [-0.3, -0.25) is 9.78 Å². The van der Waals surface area contributed by atoms with Crippen molar-refractivity contribution < 1.29 is 9.18 Å². The Bertz CT molecular complexity index is 980. The molecule has 0 saturated carbocycles. The molecule has 0 aliphatic carbocycles. The Balaban J connectivity index is 1.74. The summed E-state index contributed by atoms with van der Waals surface area (Å²) in [5.74, 6) is -1.16. The first-order valence-electron chi connectivity index (χ1n) is 10.1. The monoisotopic (exact) mass is 425 g/mol. The van der Waals surface area contributed by atoms with Crippen LogP contribution in [0.1, 0.15) is 18.5 Å². The zero-order valence-corrected chi connectivity index (χ0v) is 17.5. The van der Waals surface area contributed by atoms with E-state index in [1.165, 1.54) is 30.5 Å². The van der Waals surface area contributed by atoms with Gasteiger partial charge in [0, 0.05) is 32.0 Å². The molecule has 0 unspecified atom stereocenters. The first-order chi connectivity index (χ1) is 14.8. The third-order valence-electron chi connectivity index (χ3n) is 5.57. The molecule has 0 spiro atoms. The van der Waals surface area contributed by atoms with Crippen LogP contribution in [-0.4, -0.2) is 41.9 Å². The number of carbonyl (C=O) groups excluding carboxylic acids is 1. The second-order valence-electron chi connectivity index (χ2n) is 7.62. The number of piperidine rings is 1. The second-order valence-corrected chi connectivity index (χ2v) is 7.62. The predicted octanol–water partition coefficient (Wildman–Crippen LogP) is 1.47. The van der Waals surface area contributed by atoms with E-state index in [9.17, 15) is 9.18 Å². The molecule has 2 heterocycles. The van der Waals surface area contributed by atoms with Crippen LogP contribution < -0.4 is 27.4 Å². The number of hydrogen-bond acceptors (Lipinski definition) is 6. The molecule has 0 radical (unpaired) electrons. The highest BCUT2D eigenvalue weighted by Gasteiger charge is 2.33. The molecule has 2 aromatic rings. The van der Waals surface area contributed by atoms with E-state index in [2.05, 4.69) is 26.3 Å². The summed E-state index contributed by atoms with van der Waals surface area (Å²) >= 11 is 0. The maximum absolute atomic E-state index is 13.1. The quantitative estimate of drug-likeness (QED) is 0.301. The van der Waals surface area contributed by atoms with E-state index >= 15 is 0 Å². The second kappa shape index (κ2) is 9.57. The van der Waals surface area contributed by atoms with Gasteiger partial charge in [-0.15, -0.1) is 0 Å². The zero-order valence-electron chi connectivity index (χ0n) is 17.5. The number of amidine groups is 1. The van der Waals surface area contributed by atoms with Crippen LogP contribution in [0.2, 0.25) is 0 Å². The van der Waals surface area contributed by atoms with Gasteiger partial charge in [0.25, 0.3) is 5.91 Å². The number of nitrogens with one attached hydrogen (secondary N) is 1. The molecule has 0 atom stereocenters. The minimum atomic E-state index is -0.716. The van der Waals surface area contributed by atoms with E-state index in [1.54, 1.807) is 6.20 Å². The van der Waals surface area contributed by atoms with Crippen molar-refractivity contribution >= 4 is 23.1 Å². The van der Waals surface area contributed by atoms with Crippen molar-refractivity contribution in [1.29, 1.82) is 0 Å². The molecule has 9 heteroatoms. The fraction of sp³-hybridized carbons (Fsp3) is 0.318. The lowest BCUT2D eigenvalue weighted by molar-refractivity contribution is -0.114. The van der Waals surface area contributed by atoms with Crippen LogP contribution >= 0.6 is 0 Å². The number of carbonyl (C=O) groups is 1. The first-order valence-corrected chi connectivity index (χ1v) is 10.1. The Hall–Kier alpha value is -3.46. The Morgan fingerprint density at radius 3 is 2.52 bits per heavy atom. The van der Waals surface area contributed by atoms with Crippen molar-refractivity contribution in [3.05, 3.63) is 65.9 Å². The summed E-state index contributed by atoms with van der Waals surface area (Å²) in [5.41, 5.74) is 19.8. The summed E-state index contributed by atoms with van der Waals surface area (Å²) in [6.45, 7) is 3.94. The van der Waals surface area contributed by atoms with Gasteiger partial charge in [-0.25, -0.2) is 9.38 Å². The number of benzene rings is 1. The fourth-order valence-corrected chi connectivity index (χ4v) is 3.60. The van der Waals surface area contributed by atoms with Crippen LogP contribution in [0.3, 0.4) is 0 Å². The standard InChI is InChI=1S/C22H28FN7O/c1-15-19(3-2-10-27-15)30-11-8-22(14-24,9-12-30)28-13-18(21(26)31)20(25)29-17-6-4-16(23)5-7-17/h2-7,10,13,28H,8-9,11-12,14,24H2,1H3,(H2,25,29)(H2,26,31)/b18-13+. The lowest BCUT2D eigenvalue weighted by Crippen LogP contribution is -2.56. The van der Waals surface area contributed by atoms with E-state index in [0.717, 1.165) is 37.3 Å². The number of aliphatic imine (C=N–C) groups is 1.